The Morgan fingerprint density at radius 2 is 2.17 bits per heavy atom. The lowest BCUT2D eigenvalue weighted by molar-refractivity contribution is -0.115. The zero-order chi connectivity index (χ0) is 16.9. The first kappa shape index (κ1) is 17.2. The van der Waals surface area contributed by atoms with Gasteiger partial charge in [-0.25, -0.2) is 4.98 Å². The van der Waals surface area contributed by atoms with Crippen LogP contribution < -0.4 is 11.1 Å². The van der Waals surface area contributed by atoms with Crippen LogP contribution in [0.3, 0.4) is 0 Å². The first-order valence-corrected chi connectivity index (χ1v) is 9.90. The third-order valence-corrected chi connectivity index (χ3v) is 5.85. The third-order valence-electron chi connectivity index (χ3n) is 2.88. The molecule has 3 rings (SSSR count). The Bertz CT molecular complexity index is 850. The number of nitrogens with one attached hydrogen (secondary N) is 1. The van der Waals surface area contributed by atoms with E-state index in [1.807, 2.05) is 29.6 Å². The Morgan fingerprint density at radius 1 is 1.33 bits per heavy atom. The molecule has 0 unspecified atom stereocenters. The number of nitrogens with zero attached hydrogens (tertiary/aromatic N) is 3. The highest BCUT2D eigenvalue weighted by Gasteiger charge is 2.10. The number of thioether (sulfide) groups is 1. The van der Waals surface area contributed by atoms with Gasteiger partial charge < -0.3 is 11.1 Å². The summed E-state index contributed by atoms with van der Waals surface area (Å²) in [7, 11) is 0. The lowest BCUT2D eigenvalue weighted by Crippen LogP contribution is -2.11. The Hall–Kier alpha value is -1.68. The van der Waals surface area contributed by atoms with Crippen LogP contribution in [0.15, 0.2) is 34.0 Å². The number of amides is 1. The highest BCUT2D eigenvalue weighted by Crippen LogP contribution is 2.30. The molecule has 0 aliphatic rings. The van der Waals surface area contributed by atoms with Crippen LogP contribution in [-0.2, 0) is 4.79 Å². The van der Waals surface area contributed by atoms with Crippen LogP contribution in [0.25, 0.3) is 11.3 Å². The molecule has 0 aliphatic heterocycles. The van der Waals surface area contributed by atoms with E-state index >= 15 is 0 Å². The topological polar surface area (TPSA) is 93.8 Å². The van der Waals surface area contributed by atoms with E-state index in [1.54, 1.807) is 0 Å². The van der Waals surface area contributed by atoms with Gasteiger partial charge in [0.2, 0.25) is 11.0 Å². The number of aromatic nitrogens is 3. The zero-order valence-corrected chi connectivity index (χ0v) is 15.4. The van der Waals surface area contributed by atoms with E-state index in [-0.39, 0.29) is 5.91 Å². The molecule has 0 aliphatic carbocycles. The van der Waals surface area contributed by atoms with Crippen molar-refractivity contribution in [2.75, 3.05) is 16.8 Å². The lowest BCUT2D eigenvalue weighted by atomic mass is 10.2. The standard InChI is InChI=1S/C14H12ClN5OS3/c15-9-4-2-1-3-8(9)10-7-23-13(17-10)18-11(21)5-6-22-14-20-19-12(16)24-14/h1-4,7H,5-6H2,(H2,16,19)(H,17,18,21). The van der Waals surface area contributed by atoms with Crippen molar-refractivity contribution < 1.29 is 4.79 Å². The summed E-state index contributed by atoms with van der Waals surface area (Å²) in [5.74, 6) is 0.503. The highest BCUT2D eigenvalue weighted by molar-refractivity contribution is 8.01. The molecular weight excluding hydrogens is 386 g/mol. The largest absolute Gasteiger partial charge is 0.374 e. The summed E-state index contributed by atoms with van der Waals surface area (Å²) >= 11 is 10.3. The molecule has 124 valence electrons. The van der Waals surface area contributed by atoms with Gasteiger partial charge in [0, 0.05) is 28.1 Å². The minimum Gasteiger partial charge on any atom is -0.374 e. The summed E-state index contributed by atoms with van der Waals surface area (Å²) in [6, 6.07) is 7.47. The molecule has 3 aromatic rings. The van der Waals surface area contributed by atoms with E-state index in [0.717, 1.165) is 15.6 Å². The molecule has 0 radical (unpaired) electrons. The molecule has 0 bridgehead atoms. The van der Waals surface area contributed by atoms with Gasteiger partial charge in [-0.1, -0.05) is 52.9 Å². The number of thiazole rings is 1. The molecule has 24 heavy (non-hydrogen) atoms. The second-order valence-electron chi connectivity index (χ2n) is 4.57. The Labute approximate surface area is 155 Å². The van der Waals surface area contributed by atoms with Crippen molar-refractivity contribution in [3.05, 3.63) is 34.7 Å². The van der Waals surface area contributed by atoms with Crippen LogP contribution in [-0.4, -0.2) is 26.8 Å². The van der Waals surface area contributed by atoms with Crippen molar-refractivity contribution in [3.63, 3.8) is 0 Å². The maximum Gasteiger partial charge on any atom is 0.226 e. The fourth-order valence-corrected chi connectivity index (χ4v) is 4.42. The fourth-order valence-electron chi connectivity index (χ4n) is 1.82. The molecule has 6 nitrogen and oxygen atoms in total. The van der Waals surface area contributed by atoms with Crippen LogP contribution >= 0.6 is 46.0 Å². The maximum atomic E-state index is 12.0. The van der Waals surface area contributed by atoms with Crippen LogP contribution in [0.2, 0.25) is 5.02 Å². The minimum absolute atomic E-state index is 0.0972. The van der Waals surface area contributed by atoms with Gasteiger partial charge in [0.25, 0.3) is 0 Å². The molecule has 0 saturated heterocycles. The van der Waals surface area contributed by atoms with Gasteiger partial charge in [-0.15, -0.1) is 21.5 Å². The van der Waals surface area contributed by atoms with E-state index in [9.17, 15) is 4.79 Å². The number of rotatable bonds is 6. The summed E-state index contributed by atoms with van der Waals surface area (Å²) in [4.78, 5) is 16.4. The second-order valence-corrected chi connectivity index (χ2v) is 8.19. The van der Waals surface area contributed by atoms with Gasteiger partial charge in [-0.3, -0.25) is 4.79 Å². The van der Waals surface area contributed by atoms with Crippen molar-refractivity contribution in [1.29, 1.82) is 0 Å². The van der Waals surface area contributed by atoms with Gasteiger partial charge in [-0.05, 0) is 6.07 Å². The van der Waals surface area contributed by atoms with E-state index in [1.165, 1.54) is 34.4 Å². The second kappa shape index (κ2) is 7.93. The number of nitrogen functional groups attached to an aromatic ring is 1. The highest BCUT2D eigenvalue weighted by atomic mass is 35.5. The maximum absolute atomic E-state index is 12.0. The van der Waals surface area contributed by atoms with Crippen molar-refractivity contribution in [1.82, 2.24) is 15.2 Å². The van der Waals surface area contributed by atoms with Crippen LogP contribution in [0.4, 0.5) is 10.3 Å². The third kappa shape index (κ3) is 4.44. The van der Waals surface area contributed by atoms with Crippen LogP contribution in [0.1, 0.15) is 6.42 Å². The Morgan fingerprint density at radius 3 is 2.92 bits per heavy atom. The van der Waals surface area contributed by atoms with Crippen LogP contribution in [0, 0.1) is 0 Å². The average molecular weight is 398 g/mol. The molecule has 2 heterocycles. The predicted octanol–water partition coefficient (Wildman–Crippen LogP) is 4.02. The molecule has 2 aromatic heterocycles. The molecule has 0 atom stereocenters. The first-order valence-electron chi connectivity index (χ1n) is 6.84. The molecule has 3 N–H and O–H groups in total. The molecule has 1 amide bonds. The summed E-state index contributed by atoms with van der Waals surface area (Å²) < 4.78 is 0.760. The number of nitrogens with two attached hydrogens (primary N) is 1. The molecule has 0 spiro atoms. The molecule has 10 heteroatoms. The van der Waals surface area contributed by atoms with E-state index in [2.05, 4.69) is 20.5 Å². The smallest absolute Gasteiger partial charge is 0.226 e. The monoisotopic (exact) mass is 397 g/mol. The number of hydrogen-bond acceptors (Lipinski definition) is 8. The molecular formula is C14H12ClN5OS3. The van der Waals surface area contributed by atoms with E-state index in [0.29, 0.717) is 27.5 Å². The quantitative estimate of drug-likeness (QED) is 0.610. The van der Waals surface area contributed by atoms with E-state index in [4.69, 9.17) is 17.3 Å². The van der Waals surface area contributed by atoms with Crippen molar-refractivity contribution in [3.8, 4) is 11.3 Å². The van der Waals surface area contributed by atoms with Gasteiger partial charge in [0.15, 0.2) is 9.47 Å². The molecule has 0 fully saturated rings. The number of benzene rings is 1. The first-order chi connectivity index (χ1) is 11.6. The van der Waals surface area contributed by atoms with Gasteiger partial charge in [-0.2, -0.15) is 0 Å². The number of halogens is 1. The Balaban J connectivity index is 1.53. The van der Waals surface area contributed by atoms with E-state index < -0.39 is 0 Å². The Kier molecular flexibility index (Phi) is 5.67. The number of carbonyl (C=O) groups excluding carboxylic acids is 1. The fraction of sp³-hybridized carbons (Fsp3) is 0.143. The van der Waals surface area contributed by atoms with Gasteiger partial charge in [0.05, 0.1) is 5.69 Å². The number of anilines is 2. The lowest BCUT2D eigenvalue weighted by Gasteiger charge is -2.01. The normalized spacial score (nSPS) is 10.7. The molecule has 1 aromatic carbocycles. The summed E-state index contributed by atoms with van der Waals surface area (Å²) in [5.41, 5.74) is 7.11. The summed E-state index contributed by atoms with van der Waals surface area (Å²) in [5, 5.41) is 13.9. The predicted molar refractivity (Wildman–Crippen MR) is 101 cm³/mol. The van der Waals surface area contributed by atoms with Crippen LogP contribution in [0.5, 0.6) is 0 Å². The van der Waals surface area contributed by atoms with Crippen molar-refractivity contribution >= 4 is 62.2 Å². The number of hydrogen-bond donors (Lipinski definition) is 2. The zero-order valence-electron chi connectivity index (χ0n) is 12.2. The van der Waals surface area contributed by atoms with Crippen molar-refractivity contribution in [2.45, 2.75) is 10.8 Å². The van der Waals surface area contributed by atoms with Gasteiger partial charge >= 0.3 is 0 Å². The number of carbonyl (C=O) groups is 1. The summed E-state index contributed by atoms with van der Waals surface area (Å²) in [6.45, 7) is 0. The average Bonchev–Trinajstić information content (AvgIpc) is 3.17. The van der Waals surface area contributed by atoms with Gasteiger partial charge in [0.1, 0.15) is 0 Å². The van der Waals surface area contributed by atoms with Crippen molar-refractivity contribution in [2.24, 2.45) is 0 Å². The summed E-state index contributed by atoms with van der Waals surface area (Å²) in [6.07, 6.45) is 0.352. The minimum atomic E-state index is -0.0972. The molecule has 0 saturated carbocycles. The SMILES string of the molecule is Nc1nnc(SCCC(=O)Nc2nc(-c3ccccc3Cl)cs2)s1.